The van der Waals surface area contributed by atoms with Gasteiger partial charge < -0.3 is 11.1 Å². The van der Waals surface area contributed by atoms with Gasteiger partial charge in [0.15, 0.2) is 5.17 Å². The third-order valence-electron chi connectivity index (χ3n) is 4.60. The van der Waals surface area contributed by atoms with Gasteiger partial charge in [0, 0.05) is 12.1 Å². The second kappa shape index (κ2) is 8.50. The molecule has 0 fully saturated rings. The molecule has 0 bridgehead atoms. The number of thioether (sulfide) groups is 1. The molecular formula is C21H19N5O3S. The molecule has 2 heterocycles. The first-order valence-electron chi connectivity index (χ1n) is 9.34. The number of fused-ring (bicyclic) bond motifs is 3. The maximum absolute atomic E-state index is 13.0. The van der Waals surface area contributed by atoms with Gasteiger partial charge >= 0.3 is 0 Å². The van der Waals surface area contributed by atoms with Gasteiger partial charge in [-0.1, -0.05) is 54.2 Å². The smallest absolute Gasteiger partial charge is 0.259 e. The monoisotopic (exact) mass is 421 g/mol. The number of nitrogens with one attached hydrogen (secondary N) is 1. The van der Waals surface area contributed by atoms with Gasteiger partial charge in [-0.2, -0.15) is 0 Å². The van der Waals surface area contributed by atoms with Crippen molar-refractivity contribution in [3.05, 3.63) is 65.7 Å². The summed E-state index contributed by atoms with van der Waals surface area (Å²) in [5.41, 5.74) is 7.58. The van der Waals surface area contributed by atoms with Crippen LogP contribution in [0.25, 0.3) is 0 Å². The van der Waals surface area contributed by atoms with E-state index < -0.39 is 11.9 Å². The van der Waals surface area contributed by atoms with Crippen LogP contribution >= 0.6 is 11.8 Å². The highest BCUT2D eigenvalue weighted by Crippen LogP contribution is 2.33. The largest absolute Gasteiger partial charge is 0.369 e. The van der Waals surface area contributed by atoms with Crippen molar-refractivity contribution in [2.24, 2.45) is 15.7 Å². The summed E-state index contributed by atoms with van der Waals surface area (Å²) in [5, 5.41) is 3.16. The fourth-order valence-electron chi connectivity index (χ4n) is 3.21. The highest BCUT2D eigenvalue weighted by atomic mass is 32.2. The zero-order valence-electron chi connectivity index (χ0n) is 15.9. The fraction of sp³-hybridized carbons (Fsp3) is 0.190. The number of carbonyl (C=O) groups excluding carboxylic acids is 3. The average Bonchev–Trinajstić information content (AvgIpc) is 3.08. The summed E-state index contributed by atoms with van der Waals surface area (Å²) in [6.07, 6.45) is -0.0679. The summed E-state index contributed by atoms with van der Waals surface area (Å²) in [4.78, 5) is 47.1. The predicted molar refractivity (Wildman–Crippen MR) is 115 cm³/mol. The van der Waals surface area contributed by atoms with E-state index in [1.165, 1.54) is 4.90 Å². The van der Waals surface area contributed by atoms with E-state index in [2.05, 4.69) is 15.3 Å². The number of nitrogens with zero attached hydrogens (tertiary/aromatic N) is 3. The number of benzene rings is 2. The molecule has 2 aromatic rings. The predicted octanol–water partition coefficient (Wildman–Crippen LogP) is 1.57. The third kappa shape index (κ3) is 4.11. The van der Waals surface area contributed by atoms with Crippen LogP contribution in [0.2, 0.25) is 0 Å². The highest BCUT2D eigenvalue weighted by Gasteiger charge is 2.42. The molecule has 0 aromatic heterocycles. The molecule has 2 aliphatic heterocycles. The minimum Gasteiger partial charge on any atom is -0.369 e. The van der Waals surface area contributed by atoms with E-state index >= 15 is 0 Å². The first kappa shape index (κ1) is 19.8. The molecule has 4 rings (SSSR count). The molecule has 9 heteroatoms. The Bertz CT molecular complexity index is 1070. The van der Waals surface area contributed by atoms with Crippen LogP contribution in [0.5, 0.6) is 0 Å². The molecule has 2 aliphatic rings. The van der Waals surface area contributed by atoms with Crippen molar-refractivity contribution in [1.29, 1.82) is 0 Å². The molecule has 0 saturated carbocycles. The Kier molecular flexibility index (Phi) is 5.62. The lowest BCUT2D eigenvalue weighted by molar-refractivity contribution is -0.128. The van der Waals surface area contributed by atoms with E-state index in [0.717, 1.165) is 17.3 Å². The standard InChI is InChI=1S/C21H19N5O3S/c22-17(27)12-30-21-25-15-9-5-4-8-14(15)19-24-16(20(29)26(19)21)10-18(28)23-11-13-6-2-1-3-7-13/h1-9,16H,10-12H2,(H2,22,27)(H,23,28)/t16-/m0/s1. The Hall–Kier alpha value is -3.46. The molecule has 30 heavy (non-hydrogen) atoms. The Labute approximate surface area is 177 Å². The lowest BCUT2D eigenvalue weighted by Crippen LogP contribution is -2.42. The van der Waals surface area contributed by atoms with Crippen LogP contribution in [0.1, 0.15) is 17.5 Å². The summed E-state index contributed by atoms with van der Waals surface area (Å²) < 4.78 is 0. The van der Waals surface area contributed by atoms with Crippen LogP contribution < -0.4 is 11.1 Å². The SMILES string of the molecule is NC(=O)CSC1=Nc2ccccc2C2=N[C@@H](CC(=O)NCc3ccccc3)C(=O)N12. The quantitative estimate of drug-likeness (QED) is 0.736. The Morgan fingerprint density at radius 2 is 1.83 bits per heavy atom. The van der Waals surface area contributed by atoms with Gasteiger partial charge in [-0.25, -0.2) is 9.89 Å². The van der Waals surface area contributed by atoms with Gasteiger partial charge in [0.2, 0.25) is 11.8 Å². The van der Waals surface area contributed by atoms with Crippen molar-refractivity contribution in [1.82, 2.24) is 10.2 Å². The van der Waals surface area contributed by atoms with Gasteiger partial charge in [0.25, 0.3) is 5.91 Å². The van der Waals surface area contributed by atoms with Crippen molar-refractivity contribution in [3.63, 3.8) is 0 Å². The van der Waals surface area contributed by atoms with E-state index in [0.29, 0.717) is 28.8 Å². The van der Waals surface area contributed by atoms with Crippen LogP contribution in [0.3, 0.4) is 0 Å². The zero-order valence-corrected chi connectivity index (χ0v) is 16.8. The van der Waals surface area contributed by atoms with Crippen molar-refractivity contribution in [3.8, 4) is 0 Å². The minimum atomic E-state index is -0.846. The fourth-order valence-corrected chi connectivity index (χ4v) is 3.95. The van der Waals surface area contributed by atoms with Gasteiger partial charge in [0.1, 0.15) is 11.9 Å². The van der Waals surface area contributed by atoms with Crippen LogP contribution in [-0.4, -0.2) is 45.4 Å². The van der Waals surface area contributed by atoms with Crippen molar-refractivity contribution in [2.75, 3.05) is 5.75 Å². The molecule has 0 aliphatic carbocycles. The summed E-state index contributed by atoms with van der Waals surface area (Å²) in [5.74, 6) is -0.690. The third-order valence-corrected chi connectivity index (χ3v) is 5.56. The van der Waals surface area contributed by atoms with Crippen molar-refractivity contribution in [2.45, 2.75) is 19.0 Å². The summed E-state index contributed by atoms with van der Waals surface area (Å²) in [6, 6.07) is 16.0. The molecule has 0 unspecified atom stereocenters. The number of nitrogens with two attached hydrogens (primary N) is 1. The van der Waals surface area contributed by atoms with Gasteiger partial charge in [-0.15, -0.1) is 0 Å². The molecule has 0 saturated heterocycles. The molecule has 3 N–H and O–H groups in total. The van der Waals surface area contributed by atoms with Crippen LogP contribution in [0.15, 0.2) is 64.6 Å². The number of amides is 3. The maximum atomic E-state index is 13.0. The van der Waals surface area contributed by atoms with Crippen LogP contribution in [0.4, 0.5) is 5.69 Å². The van der Waals surface area contributed by atoms with E-state index in [1.54, 1.807) is 0 Å². The summed E-state index contributed by atoms with van der Waals surface area (Å²) in [6.45, 7) is 0.380. The average molecular weight is 421 g/mol. The minimum absolute atomic E-state index is 0.0136. The highest BCUT2D eigenvalue weighted by molar-refractivity contribution is 8.14. The Morgan fingerprint density at radius 1 is 1.10 bits per heavy atom. The van der Waals surface area contributed by atoms with Gasteiger partial charge in [-0.05, 0) is 17.7 Å². The second-order valence-electron chi connectivity index (χ2n) is 6.78. The van der Waals surface area contributed by atoms with Crippen molar-refractivity contribution < 1.29 is 14.4 Å². The molecule has 152 valence electrons. The zero-order chi connectivity index (χ0) is 21.1. The normalized spacial score (nSPS) is 17.0. The topological polar surface area (TPSA) is 117 Å². The first-order valence-corrected chi connectivity index (χ1v) is 10.3. The second-order valence-corrected chi connectivity index (χ2v) is 7.72. The van der Waals surface area contributed by atoms with E-state index in [9.17, 15) is 14.4 Å². The molecular weight excluding hydrogens is 402 g/mol. The lowest BCUT2D eigenvalue weighted by atomic mass is 10.1. The molecule has 1 atom stereocenters. The number of hydrogen-bond donors (Lipinski definition) is 2. The number of aliphatic imine (C=N–C) groups is 2. The summed E-state index contributed by atoms with van der Waals surface area (Å²) in [7, 11) is 0. The molecule has 3 amide bonds. The Morgan fingerprint density at radius 3 is 2.60 bits per heavy atom. The lowest BCUT2D eigenvalue weighted by Gasteiger charge is -2.25. The number of primary amides is 1. The van der Waals surface area contributed by atoms with Gasteiger partial charge in [0.05, 0.1) is 17.9 Å². The maximum Gasteiger partial charge on any atom is 0.259 e. The number of hydrogen-bond acceptors (Lipinski definition) is 6. The van der Waals surface area contributed by atoms with E-state index in [4.69, 9.17) is 5.73 Å². The molecule has 8 nitrogen and oxygen atoms in total. The summed E-state index contributed by atoms with van der Waals surface area (Å²) >= 11 is 1.08. The number of carbonyl (C=O) groups is 3. The number of rotatable bonds is 6. The first-order chi connectivity index (χ1) is 14.5. The van der Waals surface area contributed by atoms with Crippen LogP contribution in [0, 0.1) is 0 Å². The number of para-hydroxylation sites is 1. The number of amidine groups is 2. The molecule has 0 spiro atoms. The van der Waals surface area contributed by atoms with Crippen molar-refractivity contribution >= 4 is 46.2 Å². The van der Waals surface area contributed by atoms with E-state index in [1.807, 2.05) is 54.6 Å². The molecule has 0 radical (unpaired) electrons. The Balaban J connectivity index is 1.52. The van der Waals surface area contributed by atoms with Crippen LogP contribution in [-0.2, 0) is 20.9 Å². The molecule has 2 aromatic carbocycles. The van der Waals surface area contributed by atoms with E-state index in [-0.39, 0.29) is 24.0 Å². The van der Waals surface area contributed by atoms with Gasteiger partial charge in [-0.3, -0.25) is 19.4 Å².